The smallest absolute Gasteiger partial charge is 0.307 e. The van der Waals surface area contributed by atoms with Gasteiger partial charge in [-0.25, -0.2) is 0 Å². The molecule has 0 bridgehead atoms. The highest BCUT2D eigenvalue weighted by atomic mass is 16.5. The first-order chi connectivity index (χ1) is 10.6. The maximum absolute atomic E-state index is 12.3. The number of fused-ring (bicyclic) bond motifs is 1. The maximum atomic E-state index is 12.3. The number of hydrogen-bond acceptors (Lipinski definition) is 3. The SMILES string of the molecule is O=C(O)[C@H]1CC=CC[C@H]1C(=O)NCc1ccc2c(c1)CCO2. The van der Waals surface area contributed by atoms with Gasteiger partial charge < -0.3 is 15.2 Å². The molecule has 1 heterocycles. The number of carboxylic acids is 1. The molecule has 0 aromatic heterocycles. The van der Waals surface area contributed by atoms with Crippen LogP contribution in [0.3, 0.4) is 0 Å². The van der Waals surface area contributed by atoms with Gasteiger partial charge >= 0.3 is 5.97 Å². The summed E-state index contributed by atoms with van der Waals surface area (Å²) in [4.78, 5) is 23.5. The molecular weight excluding hydrogens is 282 g/mol. The number of carboxylic acid groups (broad SMARTS) is 1. The van der Waals surface area contributed by atoms with Crippen molar-refractivity contribution in [1.82, 2.24) is 5.32 Å². The van der Waals surface area contributed by atoms with E-state index in [2.05, 4.69) is 5.32 Å². The van der Waals surface area contributed by atoms with E-state index in [0.717, 1.165) is 23.3 Å². The number of hydrogen-bond donors (Lipinski definition) is 2. The fraction of sp³-hybridized carbons (Fsp3) is 0.412. The minimum atomic E-state index is -0.904. The summed E-state index contributed by atoms with van der Waals surface area (Å²) < 4.78 is 5.45. The first kappa shape index (κ1) is 14.6. The van der Waals surface area contributed by atoms with Crippen molar-refractivity contribution < 1.29 is 19.4 Å². The molecule has 5 nitrogen and oxygen atoms in total. The normalized spacial score (nSPS) is 22.7. The number of rotatable bonds is 4. The maximum Gasteiger partial charge on any atom is 0.307 e. The van der Waals surface area contributed by atoms with E-state index in [4.69, 9.17) is 4.74 Å². The number of carbonyl (C=O) groups is 2. The molecule has 2 N–H and O–H groups in total. The van der Waals surface area contributed by atoms with Crippen molar-refractivity contribution in [2.24, 2.45) is 11.8 Å². The van der Waals surface area contributed by atoms with Gasteiger partial charge in [-0.05, 0) is 30.0 Å². The van der Waals surface area contributed by atoms with Crippen LogP contribution >= 0.6 is 0 Å². The number of aliphatic carboxylic acids is 1. The van der Waals surface area contributed by atoms with Crippen LogP contribution in [0.2, 0.25) is 0 Å². The molecular formula is C17H19NO4. The molecule has 0 saturated carbocycles. The second-order valence-electron chi connectivity index (χ2n) is 5.75. The van der Waals surface area contributed by atoms with Crippen LogP contribution in [0.25, 0.3) is 0 Å². The average Bonchev–Trinajstić information content (AvgIpc) is 3.00. The quantitative estimate of drug-likeness (QED) is 0.833. The highest BCUT2D eigenvalue weighted by Gasteiger charge is 2.33. The molecule has 3 rings (SSSR count). The topological polar surface area (TPSA) is 75.6 Å². The van der Waals surface area contributed by atoms with Crippen molar-refractivity contribution in [3.05, 3.63) is 41.5 Å². The molecule has 22 heavy (non-hydrogen) atoms. The Labute approximate surface area is 129 Å². The van der Waals surface area contributed by atoms with Gasteiger partial charge in [0, 0.05) is 13.0 Å². The first-order valence-corrected chi connectivity index (χ1v) is 7.55. The van der Waals surface area contributed by atoms with Crippen LogP contribution in [0.1, 0.15) is 24.0 Å². The van der Waals surface area contributed by atoms with Gasteiger partial charge in [-0.15, -0.1) is 0 Å². The largest absolute Gasteiger partial charge is 0.493 e. The zero-order chi connectivity index (χ0) is 15.5. The lowest BCUT2D eigenvalue weighted by Crippen LogP contribution is -2.38. The molecule has 2 aliphatic rings. The fourth-order valence-corrected chi connectivity index (χ4v) is 3.05. The predicted octanol–water partition coefficient (Wildman–Crippen LogP) is 1.90. The third-order valence-electron chi connectivity index (χ3n) is 4.31. The lowest BCUT2D eigenvalue weighted by Gasteiger charge is -2.24. The van der Waals surface area contributed by atoms with Crippen molar-refractivity contribution in [3.63, 3.8) is 0 Å². The minimum Gasteiger partial charge on any atom is -0.493 e. The first-order valence-electron chi connectivity index (χ1n) is 7.55. The lowest BCUT2D eigenvalue weighted by molar-refractivity contribution is -0.147. The van der Waals surface area contributed by atoms with Crippen LogP contribution in [0.4, 0.5) is 0 Å². The molecule has 5 heteroatoms. The van der Waals surface area contributed by atoms with Gasteiger partial charge in [0.2, 0.25) is 5.91 Å². The summed E-state index contributed by atoms with van der Waals surface area (Å²) in [6.45, 7) is 1.12. The van der Waals surface area contributed by atoms with Crippen molar-refractivity contribution in [2.75, 3.05) is 6.61 Å². The number of allylic oxidation sites excluding steroid dienone is 2. The van der Waals surface area contributed by atoms with Crippen LogP contribution < -0.4 is 10.1 Å². The summed E-state index contributed by atoms with van der Waals surface area (Å²) in [6.07, 6.45) is 5.52. The Morgan fingerprint density at radius 2 is 2.00 bits per heavy atom. The molecule has 0 spiro atoms. The molecule has 2 atom stereocenters. The number of carbonyl (C=O) groups excluding carboxylic acids is 1. The lowest BCUT2D eigenvalue weighted by atomic mass is 9.82. The van der Waals surface area contributed by atoms with Crippen molar-refractivity contribution in [1.29, 1.82) is 0 Å². The van der Waals surface area contributed by atoms with Gasteiger partial charge in [-0.1, -0.05) is 24.3 Å². The van der Waals surface area contributed by atoms with E-state index in [9.17, 15) is 14.7 Å². The number of amides is 1. The molecule has 0 unspecified atom stereocenters. The van der Waals surface area contributed by atoms with Gasteiger partial charge in [0.25, 0.3) is 0 Å². The van der Waals surface area contributed by atoms with Crippen molar-refractivity contribution in [3.8, 4) is 5.75 Å². The Balaban J connectivity index is 1.62. The third-order valence-corrected chi connectivity index (χ3v) is 4.31. The Bertz CT molecular complexity index is 623. The van der Waals surface area contributed by atoms with Gasteiger partial charge in [0.1, 0.15) is 5.75 Å². The molecule has 0 saturated heterocycles. The zero-order valence-corrected chi connectivity index (χ0v) is 12.2. The van der Waals surface area contributed by atoms with E-state index in [0.29, 0.717) is 26.0 Å². The van der Waals surface area contributed by atoms with Gasteiger partial charge in [0.05, 0.1) is 18.4 Å². The summed E-state index contributed by atoms with van der Waals surface area (Å²) in [6, 6.07) is 5.89. The highest BCUT2D eigenvalue weighted by Crippen LogP contribution is 2.27. The third kappa shape index (κ3) is 2.98. The van der Waals surface area contributed by atoms with Crippen molar-refractivity contribution in [2.45, 2.75) is 25.8 Å². The second-order valence-corrected chi connectivity index (χ2v) is 5.75. The molecule has 1 aromatic carbocycles. The summed E-state index contributed by atoms with van der Waals surface area (Å²) in [5.41, 5.74) is 2.17. The number of nitrogens with one attached hydrogen (secondary N) is 1. The van der Waals surface area contributed by atoms with E-state index < -0.39 is 17.8 Å². The van der Waals surface area contributed by atoms with Gasteiger partial charge in [-0.2, -0.15) is 0 Å². The van der Waals surface area contributed by atoms with E-state index in [-0.39, 0.29) is 5.91 Å². The van der Waals surface area contributed by atoms with Gasteiger partial charge in [-0.3, -0.25) is 9.59 Å². The highest BCUT2D eigenvalue weighted by molar-refractivity contribution is 5.85. The summed E-state index contributed by atoms with van der Waals surface area (Å²) in [5, 5.41) is 12.1. The summed E-state index contributed by atoms with van der Waals surface area (Å²) in [5.74, 6) is -1.29. The fourth-order valence-electron chi connectivity index (χ4n) is 3.05. The molecule has 0 radical (unpaired) electrons. The number of benzene rings is 1. The Morgan fingerprint density at radius 1 is 1.23 bits per heavy atom. The molecule has 1 aliphatic carbocycles. The minimum absolute atomic E-state index is 0.187. The predicted molar refractivity (Wildman–Crippen MR) is 80.5 cm³/mol. The van der Waals surface area contributed by atoms with E-state index in [1.54, 1.807) is 0 Å². The summed E-state index contributed by atoms with van der Waals surface area (Å²) in [7, 11) is 0. The zero-order valence-electron chi connectivity index (χ0n) is 12.2. The monoisotopic (exact) mass is 301 g/mol. The Hall–Kier alpha value is -2.30. The average molecular weight is 301 g/mol. The standard InChI is InChI=1S/C17H19NO4/c19-16(13-3-1-2-4-14(13)17(20)21)18-10-11-5-6-15-12(9-11)7-8-22-15/h1-2,5-6,9,13-14H,3-4,7-8,10H2,(H,18,19)(H,20,21)/t13-,14+/m1/s1. The summed E-state index contributed by atoms with van der Waals surface area (Å²) >= 11 is 0. The van der Waals surface area contributed by atoms with E-state index >= 15 is 0 Å². The molecule has 1 aromatic rings. The van der Waals surface area contributed by atoms with Crippen LogP contribution in [0.15, 0.2) is 30.4 Å². The molecule has 1 amide bonds. The van der Waals surface area contributed by atoms with Crippen molar-refractivity contribution >= 4 is 11.9 Å². The Morgan fingerprint density at radius 3 is 2.77 bits per heavy atom. The number of ether oxygens (including phenoxy) is 1. The molecule has 1 aliphatic heterocycles. The molecule has 0 fully saturated rings. The van der Waals surface area contributed by atoms with Crippen LogP contribution in [0.5, 0.6) is 5.75 Å². The van der Waals surface area contributed by atoms with Gasteiger partial charge in [0.15, 0.2) is 0 Å². The second kappa shape index (κ2) is 6.22. The van der Waals surface area contributed by atoms with Crippen LogP contribution in [0, 0.1) is 11.8 Å². The van der Waals surface area contributed by atoms with E-state index in [1.165, 1.54) is 0 Å². The Kier molecular flexibility index (Phi) is 4.13. The van der Waals surface area contributed by atoms with Crippen LogP contribution in [-0.2, 0) is 22.6 Å². The molecule has 116 valence electrons. The van der Waals surface area contributed by atoms with E-state index in [1.807, 2.05) is 30.4 Å². The van der Waals surface area contributed by atoms with Crippen LogP contribution in [-0.4, -0.2) is 23.6 Å².